The van der Waals surface area contributed by atoms with Crippen molar-refractivity contribution in [3.05, 3.63) is 29.3 Å². The highest BCUT2D eigenvalue weighted by molar-refractivity contribution is 5.93. The number of aryl methyl sites for hydroxylation is 1. The number of para-hydroxylation sites is 1. The maximum atomic E-state index is 11.8. The molecule has 1 aromatic carbocycles. The first-order valence-electron chi connectivity index (χ1n) is 6.37. The normalized spacial score (nSPS) is 12.1. The number of carbonyl (C=O) groups is 2. The van der Waals surface area contributed by atoms with Crippen molar-refractivity contribution < 1.29 is 19.8 Å². The number of urea groups is 1. The Morgan fingerprint density at radius 2 is 1.95 bits per heavy atom. The lowest BCUT2D eigenvalue weighted by Crippen LogP contribution is -2.45. The Morgan fingerprint density at radius 1 is 1.30 bits per heavy atom. The number of benzene rings is 1. The Bertz CT molecular complexity index is 500. The van der Waals surface area contributed by atoms with E-state index in [0.29, 0.717) is 5.69 Å². The topological polar surface area (TPSA) is 98.7 Å². The minimum atomic E-state index is -1.32. The molecule has 110 valence electrons. The molecule has 0 aliphatic heterocycles. The van der Waals surface area contributed by atoms with Gasteiger partial charge in [-0.1, -0.05) is 32.0 Å². The van der Waals surface area contributed by atoms with Crippen LogP contribution in [0.4, 0.5) is 10.5 Å². The molecule has 0 spiro atoms. The average molecular weight is 280 g/mol. The number of anilines is 1. The number of aliphatic hydroxyl groups is 1. The van der Waals surface area contributed by atoms with E-state index in [9.17, 15) is 9.59 Å². The van der Waals surface area contributed by atoms with Gasteiger partial charge >= 0.3 is 12.0 Å². The van der Waals surface area contributed by atoms with E-state index in [2.05, 4.69) is 10.6 Å². The number of carboxylic acids is 1. The van der Waals surface area contributed by atoms with Gasteiger partial charge in [0, 0.05) is 5.69 Å². The number of carboxylic acid groups (broad SMARTS) is 1. The summed E-state index contributed by atoms with van der Waals surface area (Å²) in [6.07, 6.45) is 0. The maximum absolute atomic E-state index is 11.8. The predicted octanol–water partition coefficient (Wildman–Crippen LogP) is 1.69. The van der Waals surface area contributed by atoms with Crippen LogP contribution in [0, 0.1) is 6.92 Å². The molecule has 6 nitrogen and oxygen atoms in total. The van der Waals surface area contributed by atoms with Crippen LogP contribution in [0.25, 0.3) is 0 Å². The van der Waals surface area contributed by atoms with Crippen LogP contribution in [-0.4, -0.2) is 34.9 Å². The monoisotopic (exact) mass is 280 g/mol. The summed E-state index contributed by atoms with van der Waals surface area (Å²) >= 11 is 0. The summed E-state index contributed by atoms with van der Waals surface area (Å²) in [5, 5.41) is 22.5. The van der Waals surface area contributed by atoms with E-state index in [4.69, 9.17) is 10.2 Å². The smallest absolute Gasteiger partial charge is 0.328 e. The number of rotatable bonds is 5. The largest absolute Gasteiger partial charge is 0.480 e. The molecule has 0 aromatic heterocycles. The van der Waals surface area contributed by atoms with Crippen molar-refractivity contribution in [1.29, 1.82) is 0 Å². The zero-order valence-electron chi connectivity index (χ0n) is 11.8. The fourth-order valence-corrected chi connectivity index (χ4v) is 1.84. The van der Waals surface area contributed by atoms with Crippen molar-refractivity contribution in [2.75, 3.05) is 11.9 Å². The fourth-order valence-electron chi connectivity index (χ4n) is 1.84. The van der Waals surface area contributed by atoms with Gasteiger partial charge in [0.1, 0.15) is 0 Å². The molecule has 6 heteroatoms. The van der Waals surface area contributed by atoms with Crippen LogP contribution in [0.2, 0.25) is 0 Å². The van der Waals surface area contributed by atoms with E-state index >= 15 is 0 Å². The second-order valence-electron chi connectivity index (χ2n) is 4.87. The molecular formula is C14H20N2O4. The van der Waals surface area contributed by atoms with E-state index in [0.717, 1.165) is 11.1 Å². The number of hydrogen-bond acceptors (Lipinski definition) is 3. The number of amides is 2. The molecule has 0 heterocycles. The lowest BCUT2D eigenvalue weighted by molar-refractivity contribution is -0.140. The summed E-state index contributed by atoms with van der Waals surface area (Å²) in [6, 6.07) is 3.71. The van der Waals surface area contributed by atoms with Gasteiger partial charge in [0.2, 0.25) is 0 Å². The molecule has 1 aromatic rings. The van der Waals surface area contributed by atoms with Gasteiger partial charge in [0.05, 0.1) is 6.61 Å². The molecule has 1 unspecified atom stereocenters. The van der Waals surface area contributed by atoms with E-state index in [-0.39, 0.29) is 5.92 Å². The number of carbonyl (C=O) groups excluding carboxylic acids is 1. The molecular weight excluding hydrogens is 260 g/mol. The van der Waals surface area contributed by atoms with Crippen LogP contribution in [0.15, 0.2) is 18.2 Å². The van der Waals surface area contributed by atoms with Crippen LogP contribution in [0.1, 0.15) is 30.9 Å². The van der Waals surface area contributed by atoms with Crippen LogP contribution < -0.4 is 10.6 Å². The van der Waals surface area contributed by atoms with Crippen molar-refractivity contribution in [3.8, 4) is 0 Å². The van der Waals surface area contributed by atoms with Crippen molar-refractivity contribution in [2.45, 2.75) is 32.7 Å². The molecule has 4 N–H and O–H groups in total. The minimum absolute atomic E-state index is 0.221. The molecule has 0 saturated carbocycles. The van der Waals surface area contributed by atoms with Gasteiger partial charge in [-0.25, -0.2) is 9.59 Å². The first-order chi connectivity index (χ1) is 9.36. The summed E-state index contributed by atoms with van der Waals surface area (Å²) in [6.45, 7) is 5.22. The van der Waals surface area contributed by atoms with Gasteiger partial charge < -0.3 is 20.8 Å². The van der Waals surface area contributed by atoms with Gasteiger partial charge in [0.25, 0.3) is 0 Å². The Kier molecular flexibility index (Phi) is 5.52. The first-order valence-corrected chi connectivity index (χ1v) is 6.37. The highest BCUT2D eigenvalue weighted by Gasteiger charge is 2.19. The molecule has 0 aliphatic carbocycles. The van der Waals surface area contributed by atoms with Crippen molar-refractivity contribution in [1.82, 2.24) is 5.32 Å². The summed E-state index contributed by atoms with van der Waals surface area (Å²) in [5.41, 5.74) is 2.53. The van der Waals surface area contributed by atoms with Gasteiger partial charge in [-0.05, 0) is 24.0 Å². The fraction of sp³-hybridized carbons (Fsp3) is 0.429. The standard InChI is InChI=1S/C14H20N2O4/c1-8(2)10-6-4-5-9(3)12(10)16-14(20)15-11(7-17)13(18)19/h4-6,8,11,17H,7H2,1-3H3,(H,18,19)(H2,15,16,20). The van der Waals surface area contributed by atoms with E-state index < -0.39 is 24.6 Å². The summed E-state index contributed by atoms with van der Waals surface area (Å²) < 4.78 is 0. The molecule has 0 fully saturated rings. The molecule has 2 amide bonds. The second-order valence-corrected chi connectivity index (χ2v) is 4.87. The molecule has 0 bridgehead atoms. The maximum Gasteiger partial charge on any atom is 0.328 e. The number of hydrogen-bond donors (Lipinski definition) is 4. The zero-order valence-corrected chi connectivity index (χ0v) is 11.8. The predicted molar refractivity (Wildman–Crippen MR) is 75.9 cm³/mol. The molecule has 1 atom stereocenters. The SMILES string of the molecule is Cc1cccc(C(C)C)c1NC(=O)NC(CO)C(=O)O. The lowest BCUT2D eigenvalue weighted by Gasteiger charge is -2.18. The highest BCUT2D eigenvalue weighted by atomic mass is 16.4. The van der Waals surface area contributed by atoms with Gasteiger partial charge in [-0.2, -0.15) is 0 Å². The second kappa shape index (κ2) is 6.91. The summed E-state index contributed by atoms with van der Waals surface area (Å²) in [7, 11) is 0. The van der Waals surface area contributed by atoms with Crippen LogP contribution >= 0.6 is 0 Å². The molecule has 1 rings (SSSR count). The van der Waals surface area contributed by atoms with Crippen molar-refractivity contribution in [2.24, 2.45) is 0 Å². The van der Waals surface area contributed by atoms with Crippen molar-refractivity contribution in [3.63, 3.8) is 0 Å². The highest BCUT2D eigenvalue weighted by Crippen LogP contribution is 2.27. The first kappa shape index (κ1) is 16.0. The number of nitrogens with one attached hydrogen (secondary N) is 2. The van der Waals surface area contributed by atoms with Gasteiger partial charge in [-0.15, -0.1) is 0 Å². The van der Waals surface area contributed by atoms with Crippen LogP contribution in [0.3, 0.4) is 0 Å². The van der Waals surface area contributed by atoms with Gasteiger partial charge in [-0.3, -0.25) is 0 Å². The Balaban J connectivity index is 2.88. The minimum Gasteiger partial charge on any atom is -0.480 e. The molecule has 0 aliphatic rings. The molecule has 0 saturated heterocycles. The average Bonchev–Trinajstić information content (AvgIpc) is 2.37. The number of aliphatic carboxylic acids is 1. The quantitative estimate of drug-likeness (QED) is 0.659. The third-order valence-electron chi connectivity index (χ3n) is 2.95. The Morgan fingerprint density at radius 3 is 2.45 bits per heavy atom. The summed E-state index contributed by atoms with van der Waals surface area (Å²) in [4.78, 5) is 22.6. The van der Waals surface area contributed by atoms with E-state index in [1.165, 1.54) is 0 Å². The van der Waals surface area contributed by atoms with E-state index in [1.807, 2.05) is 39.0 Å². The molecule has 0 radical (unpaired) electrons. The van der Waals surface area contributed by atoms with Crippen molar-refractivity contribution >= 4 is 17.7 Å². The van der Waals surface area contributed by atoms with Crippen LogP contribution in [0.5, 0.6) is 0 Å². The zero-order chi connectivity index (χ0) is 15.3. The Labute approximate surface area is 117 Å². The summed E-state index contributed by atoms with van der Waals surface area (Å²) in [5.74, 6) is -1.06. The van der Waals surface area contributed by atoms with Gasteiger partial charge in [0.15, 0.2) is 6.04 Å². The Hall–Kier alpha value is -2.08. The third kappa shape index (κ3) is 3.96. The lowest BCUT2D eigenvalue weighted by atomic mass is 9.98. The molecule has 20 heavy (non-hydrogen) atoms. The van der Waals surface area contributed by atoms with Crippen LogP contribution in [-0.2, 0) is 4.79 Å². The van der Waals surface area contributed by atoms with E-state index in [1.54, 1.807) is 0 Å². The number of aliphatic hydroxyl groups excluding tert-OH is 1. The third-order valence-corrected chi connectivity index (χ3v) is 2.95.